The summed E-state index contributed by atoms with van der Waals surface area (Å²) in [5.41, 5.74) is 6.12. The predicted octanol–water partition coefficient (Wildman–Crippen LogP) is 1.47. The van der Waals surface area contributed by atoms with Gasteiger partial charge in [-0.1, -0.05) is 0 Å². The molecule has 1 unspecified atom stereocenters. The number of methoxy groups -OCH3 is 1. The summed E-state index contributed by atoms with van der Waals surface area (Å²) < 4.78 is 37.4. The molecule has 1 aromatic carbocycles. The van der Waals surface area contributed by atoms with Gasteiger partial charge in [-0.2, -0.15) is 4.31 Å². The standard InChI is InChI=1S/C14H22N2O4S/c1-3-20-11-5-4-8-16(10-11)21(17,18)12-6-7-14(19-2)13(15)9-12/h6-7,9,11H,3-5,8,10,15H2,1-2H3. The minimum absolute atomic E-state index is 0.0332. The molecule has 0 saturated carbocycles. The average molecular weight is 314 g/mol. The maximum atomic E-state index is 12.7. The van der Waals surface area contributed by atoms with Gasteiger partial charge in [-0.25, -0.2) is 8.42 Å². The van der Waals surface area contributed by atoms with E-state index in [0.29, 0.717) is 31.1 Å². The van der Waals surface area contributed by atoms with Crippen LogP contribution in [0.2, 0.25) is 0 Å². The van der Waals surface area contributed by atoms with Gasteiger partial charge in [0.15, 0.2) is 0 Å². The minimum atomic E-state index is -3.54. The molecule has 0 bridgehead atoms. The quantitative estimate of drug-likeness (QED) is 0.832. The molecule has 1 heterocycles. The van der Waals surface area contributed by atoms with Gasteiger partial charge in [0, 0.05) is 19.7 Å². The topological polar surface area (TPSA) is 81.9 Å². The highest BCUT2D eigenvalue weighted by molar-refractivity contribution is 7.89. The van der Waals surface area contributed by atoms with Crippen LogP contribution in [0.1, 0.15) is 19.8 Å². The van der Waals surface area contributed by atoms with Crippen molar-refractivity contribution in [3.63, 3.8) is 0 Å². The van der Waals surface area contributed by atoms with E-state index in [1.807, 2.05) is 6.92 Å². The fourth-order valence-corrected chi connectivity index (χ4v) is 4.06. The van der Waals surface area contributed by atoms with Crippen LogP contribution in [-0.4, -0.2) is 45.6 Å². The molecule has 21 heavy (non-hydrogen) atoms. The van der Waals surface area contributed by atoms with Gasteiger partial charge in [0.2, 0.25) is 10.0 Å². The molecule has 2 N–H and O–H groups in total. The molecule has 0 spiro atoms. The van der Waals surface area contributed by atoms with Crippen molar-refractivity contribution >= 4 is 15.7 Å². The molecule has 1 fully saturated rings. The summed E-state index contributed by atoms with van der Waals surface area (Å²) in [7, 11) is -2.05. The number of benzene rings is 1. The Morgan fingerprint density at radius 2 is 2.19 bits per heavy atom. The molecule has 1 aromatic rings. The van der Waals surface area contributed by atoms with Crippen molar-refractivity contribution in [2.75, 3.05) is 32.5 Å². The number of nitrogen functional groups attached to an aromatic ring is 1. The molecular weight excluding hydrogens is 292 g/mol. The molecule has 1 atom stereocenters. The number of nitrogens with two attached hydrogens (primary N) is 1. The third-order valence-corrected chi connectivity index (χ3v) is 5.44. The third-order valence-electron chi connectivity index (χ3n) is 3.58. The minimum Gasteiger partial charge on any atom is -0.495 e. The zero-order chi connectivity index (χ0) is 15.5. The number of nitrogens with zero attached hydrogens (tertiary/aromatic N) is 1. The molecule has 1 aliphatic rings. The Labute approximate surface area is 125 Å². The number of ether oxygens (including phenoxy) is 2. The van der Waals surface area contributed by atoms with Crippen molar-refractivity contribution in [1.82, 2.24) is 4.31 Å². The Morgan fingerprint density at radius 1 is 1.43 bits per heavy atom. The largest absolute Gasteiger partial charge is 0.495 e. The van der Waals surface area contributed by atoms with Gasteiger partial charge in [-0.3, -0.25) is 0 Å². The van der Waals surface area contributed by atoms with Gasteiger partial charge in [-0.05, 0) is 38.0 Å². The fraction of sp³-hybridized carbons (Fsp3) is 0.571. The van der Waals surface area contributed by atoms with Crippen molar-refractivity contribution in [2.45, 2.75) is 30.8 Å². The lowest BCUT2D eigenvalue weighted by molar-refractivity contribution is 0.0265. The first kappa shape index (κ1) is 16.1. The van der Waals surface area contributed by atoms with Crippen LogP contribution < -0.4 is 10.5 Å². The second kappa shape index (κ2) is 6.64. The fourth-order valence-electron chi connectivity index (χ4n) is 2.52. The zero-order valence-corrected chi connectivity index (χ0v) is 13.2. The van der Waals surface area contributed by atoms with Crippen molar-refractivity contribution < 1.29 is 17.9 Å². The number of hydrogen-bond donors (Lipinski definition) is 1. The predicted molar refractivity (Wildman–Crippen MR) is 80.8 cm³/mol. The van der Waals surface area contributed by atoms with Gasteiger partial charge in [0.05, 0.1) is 23.8 Å². The lowest BCUT2D eigenvalue weighted by Crippen LogP contribution is -2.43. The molecule has 0 radical (unpaired) electrons. The third kappa shape index (κ3) is 3.48. The number of sulfonamides is 1. The summed E-state index contributed by atoms with van der Waals surface area (Å²) in [5.74, 6) is 0.472. The van der Waals surface area contributed by atoms with Gasteiger partial charge in [0.25, 0.3) is 0 Å². The van der Waals surface area contributed by atoms with Crippen LogP contribution in [0.3, 0.4) is 0 Å². The van der Waals surface area contributed by atoms with Gasteiger partial charge in [-0.15, -0.1) is 0 Å². The summed E-state index contributed by atoms with van der Waals surface area (Å²) >= 11 is 0. The zero-order valence-electron chi connectivity index (χ0n) is 12.4. The van der Waals surface area contributed by atoms with Crippen molar-refractivity contribution in [1.29, 1.82) is 0 Å². The van der Waals surface area contributed by atoms with E-state index in [-0.39, 0.29) is 11.0 Å². The molecule has 0 amide bonds. The van der Waals surface area contributed by atoms with E-state index >= 15 is 0 Å². The molecule has 0 aliphatic carbocycles. The van der Waals surface area contributed by atoms with E-state index in [4.69, 9.17) is 15.2 Å². The van der Waals surface area contributed by atoms with Gasteiger partial charge >= 0.3 is 0 Å². The van der Waals surface area contributed by atoms with Crippen LogP contribution in [0.5, 0.6) is 5.75 Å². The number of hydrogen-bond acceptors (Lipinski definition) is 5. The second-order valence-electron chi connectivity index (χ2n) is 4.99. The van der Waals surface area contributed by atoms with Crippen LogP contribution in [-0.2, 0) is 14.8 Å². The highest BCUT2D eigenvalue weighted by Crippen LogP contribution is 2.28. The molecule has 7 heteroatoms. The smallest absolute Gasteiger partial charge is 0.243 e. The normalized spacial score (nSPS) is 20.4. The van der Waals surface area contributed by atoms with Crippen LogP contribution in [0.4, 0.5) is 5.69 Å². The van der Waals surface area contributed by atoms with E-state index in [1.165, 1.54) is 23.5 Å². The van der Waals surface area contributed by atoms with E-state index < -0.39 is 10.0 Å². The maximum absolute atomic E-state index is 12.7. The summed E-state index contributed by atoms with van der Waals surface area (Å²) in [6, 6.07) is 4.54. The average Bonchev–Trinajstić information content (AvgIpc) is 2.48. The van der Waals surface area contributed by atoms with E-state index in [2.05, 4.69) is 0 Å². The Hall–Kier alpha value is -1.31. The lowest BCUT2D eigenvalue weighted by atomic mass is 10.1. The van der Waals surface area contributed by atoms with Crippen LogP contribution in [0.15, 0.2) is 23.1 Å². The summed E-state index contributed by atoms with van der Waals surface area (Å²) in [4.78, 5) is 0.193. The first-order valence-electron chi connectivity index (χ1n) is 7.04. The number of anilines is 1. The van der Waals surface area contributed by atoms with Gasteiger partial charge < -0.3 is 15.2 Å². The van der Waals surface area contributed by atoms with Crippen LogP contribution in [0, 0.1) is 0 Å². The van der Waals surface area contributed by atoms with E-state index in [9.17, 15) is 8.42 Å². The monoisotopic (exact) mass is 314 g/mol. The van der Waals surface area contributed by atoms with Crippen molar-refractivity contribution in [3.8, 4) is 5.75 Å². The molecule has 0 aromatic heterocycles. The van der Waals surface area contributed by atoms with E-state index in [0.717, 1.165) is 12.8 Å². The Morgan fingerprint density at radius 3 is 2.81 bits per heavy atom. The highest BCUT2D eigenvalue weighted by atomic mass is 32.2. The Bertz CT molecular complexity index is 587. The molecule has 6 nitrogen and oxygen atoms in total. The first-order chi connectivity index (χ1) is 9.98. The van der Waals surface area contributed by atoms with Crippen LogP contribution >= 0.6 is 0 Å². The maximum Gasteiger partial charge on any atom is 0.243 e. The van der Waals surface area contributed by atoms with Gasteiger partial charge in [0.1, 0.15) is 5.75 Å². The van der Waals surface area contributed by atoms with Crippen LogP contribution in [0.25, 0.3) is 0 Å². The molecule has 1 saturated heterocycles. The second-order valence-corrected chi connectivity index (χ2v) is 6.92. The lowest BCUT2D eigenvalue weighted by Gasteiger charge is -2.31. The number of rotatable bonds is 5. The SMILES string of the molecule is CCOC1CCCN(S(=O)(=O)c2ccc(OC)c(N)c2)C1. The number of piperidine rings is 1. The van der Waals surface area contributed by atoms with Crippen molar-refractivity contribution in [2.24, 2.45) is 0 Å². The molecule has 118 valence electrons. The van der Waals surface area contributed by atoms with E-state index in [1.54, 1.807) is 6.07 Å². The first-order valence-corrected chi connectivity index (χ1v) is 8.48. The Kier molecular flexibility index (Phi) is 5.08. The molecular formula is C14H22N2O4S. The Balaban J connectivity index is 2.23. The summed E-state index contributed by atoms with van der Waals surface area (Å²) in [6.07, 6.45) is 1.66. The highest BCUT2D eigenvalue weighted by Gasteiger charge is 2.30. The molecule has 1 aliphatic heterocycles. The summed E-state index contributed by atoms with van der Waals surface area (Å²) in [5, 5.41) is 0. The summed E-state index contributed by atoms with van der Waals surface area (Å²) in [6.45, 7) is 3.41. The van der Waals surface area contributed by atoms with Crippen molar-refractivity contribution in [3.05, 3.63) is 18.2 Å². The molecule has 2 rings (SSSR count).